The summed E-state index contributed by atoms with van der Waals surface area (Å²) in [7, 11) is 0. The zero-order valence-corrected chi connectivity index (χ0v) is 14.6. The fourth-order valence-corrected chi connectivity index (χ4v) is 2.20. The molecule has 2 atom stereocenters. The summed E-state index contributed by atoms with van der Waals surface area (Å²) < 4.78 is 6.55. The van der Waals surface area contributed by atoms with E-state index < -0.39 is 12.2 Å². The van der Waals surface area contributed by atoms with E-state index in [1.54, 1.807) is 26.0 Å². The first-order valence-corrected chi connectivity index (χ1v) is 8.02. The van der Waals surface area contributed by atoms with E-state index in [9.17, 15) is 9.90 Å². The lowest BCUT2D eigenvalue weighted by Crippen LogP contribution is -2.37. The number of hydrogen-bond acceptors (Lipinski definition) is 3. The lowest BCUT2D eigenvalue weighted by atomic mass is 10.1. The molecule has 4 nitrogen and oxygen atoms in total. The minimum absolute atomic E-state index is 0.143. The number of aliphatic hydroxyl groups excluding tert-OH is 1. The van der Waals surface area contributed by atoms with Crippen LogP contribution in [0, 0.1) is 5.92 Å². The molecule has 1 unspecified atom stereocenters. The molecule has 0 aliphatic rings. The van der Waals surface area contributed by atoms with E-state index in [1.807, 2.05) is 6.07 Å². The Hall–Kier alpha value is -1.07. The third-order valence-electron chi connectivity index (χ3n) is 3.12. The van der Waals surface area contributed by atoms with Crippen LogP contribution >= 0.6 is 15.9 Å². The lowest BCUT2D eigenvalue weighted by molar-refractivity contribution is -0.127. The van der Waals surface area contributed by atoms with Crippen molar-refractivity contribution in [3.8, 4) is 5.75 Å². The van der Waals surface area contributed by atoms with Gasteiger partial charge in [0.1, 0.15) is 5.75 Å². The molecular formula is C16H24BrNO3. The molecule has 1 amide bonds. The second-order valence-corrected chi connectivity index (χ2v) is 6.51. The number of amides is 1. The van der Waals surface area contributed by atoms with Gasteiger partial charge in [0.15, 0.2) is 6.10 Å². The standard InChI is InChI=1S/C16H24BrNO3/c1-10(2)7-8-18-16(20)12(4)21-15-6-5-13(17)9-14(15)11(3)19/h5-6,9-12,19H,7-8H2,1-4H3,(H,18,20)/t11-,12?/m0/s1. The molecule has 1 aromatic rings. The Morgan fingerprint density at radius 1 is 1.33 bits per heavy atom. The maximum absolute atomic E-state index is 12.0. The molecule has 0 saturated heterocycles. The van der Waals surface area contributed by atoms with Crippen molar-refractivity contribution < 1.29 is 14.6 Å². The normalized spacial score (nSPS) is 13.9. The molecule has 0 heterocycles. The smallest absolute Gasteiger partial charge is 0.260 e. The number of benzene rings is 1. The van der Waals surface area contributed by atoms with Crippen LogP contribution in [0.5, 0.6) is 5.75 Å². The highest BCUT2D eigenvalue weighted by Gasteiger charge is 2.17. The zero-order chi connectivity index (χ0) is 16.0. The Bertz CT molecular complexity index is 475. The molecule has 1 rings (SSSR count). The van der Waals surface area contributed by atoms with E-state index in [-0.39, 0.29) is 5.91 Å². The summed E-state index contributed by atoms with van der Waals surface area (Å²) >= 11 is 3.36. The zero-order valence-electron chi connectivity index (χ0n) is 13.0. The van der Waals surface area contributed by atoms with E-state index in [2.05, 4.69) is 35.1 Å². The highest BCUT2D eigenvalue weighted by Crippen LogP contribution is 2.29. The summed E-state index contributed by atoms with van der Waals surface area (Å²) in [5.74, 6) is 0.935. The van der Waals surface area contributed by atoms with Crippen molar-refractivity contribution in [3.05, 3.63) is 28.2 Å². The topological polar surface area (TPSA) is 58.6 Å². The Labute approximate surface area is 135 Å². The first-order chi connectivity index (χ1) is 9.81. The Morgan fingerprint density at radius 3 is 2.57 bits per heavy atom. The first kappa shape index (κ1) is 18.0. The molecule has 0 radical (unpaired) electrons. The number of hydrogen-bond donors (Lipinski definition) is 2. The van der Waals surface area contributed by atoms with Crippen LogP contribution in [0.15, 0.2) is 22.7 Å². The molecule has 1 aromatic carbocycles. The number of carbonyl (C=O) groups is 1. The monoisotopic (exact) mass is 357 g/mol. The summed E-state index contributed by atoms with van der Waals surface area (Å²) in [5, 5.41) is 12.6. The van der Waals surface area contributed by atoms with Gasteiger partial charge in [-0.2, -0.15) is 0 Å². The van der Waals surface area contributed by atoms with Crippen molar-refractivity contribution >= 4 is 21.8 Å². The summed E-state index contributed by atoms with van der Waals surface area (Å²) in [5.41, 5.74) is 0.659. The molecule has 2 N–H and O–H groups in total. The maximum Gasteiger partial charge on any atom is 0.260 e. The van der Waals surface area contributed by atoms with Gasteiger partial charge in [-0.25, -0.2) is 0 Å². The molecule has 0 aromatic heterocycles. The summed E-state index contributed by atoms with van der Waals surface area (Å²) in [6.45, 7) is 8.25. The molecule has 5 heteroatoms. The van der Waals surface area contributed by atoms with Gasteiger partial charge in [-0.1, -0.05) is 29.8 Å². The average molecular weight is 358 g/mol. The quantitative estimate of drug-likeness (QED) is 0.785. The molecule has 118 valence electrons. The van der Waals surface area contributed by atoms with Gasteiger partial charge in [-0.05, 0) is 44.4 Å². The number of carbonyl (C=O) groups excluding carboxylic acids is 1. The van der Waals surface area contributed by atoms with Crippen molar-refractivity contribution in [2.75, 3.05) is 6.54 Å². The number of rotatable bonds is 7. The van der Waals surface area contributed by atoms with Gasteiger partial charge < -0.3 is 15.2 Å². The molecule has 0 bridgehead atoms. The Morgan fingerprint density at radius 2 is 2.00 bits per heavy atom. The van der Waals surface area contributed by atoms with Gasteiger partial charge in [0.25, 0.3) is 5.91 Å². The predicted octanol–water partition coefficient (Wildman–Crippen LogP) is 3.43. The van der Waals surface area contributed by atoms with Gasteiger partial charge in [0.2, 0.25) is 0 Å². The highest BCUT2D eigenvalue weighted by atomic mass is 79.9. The van der Waals surface area contributed by atoms with Crippen LogP contribution in [-0.4, -0.2) is 23.7 Å². The van der Waals surface area contributed by atoms with Gasteiger partial charge in [-0.15, -0.1) is 0 Å². The van der Waals surface area contributed by atoms with Gasteiger partial charge in [0, 0.05) is 16.6 Å². The number of halogens is 1. The summed E-state index contributed by atoms with van der Waals surface area (Å²) in [6, 6.07) is 5.37. The maximum atomic E-state index is 12.0. The third kappa shape index (κ3) is 6.06. The Balaban J connectivity index is 2.65. The van der Waals surface area contributed by atoms with Gasteiger partial charge >= 0.3 is 0 Å². The number of nitrogens with one attached hydrogen (secondary N) is 1. The highest BCUT2D eigenvalue weighted by molar-refractivity contribution is 9.10. The van der Waals surface area contributed by atoms with Gasteiger partial charge in [0.05, 0.1) is 6.10 Å². The van der Waals surface area contributed by atoms with Crippen molar-refractivity contribution in [3.63, 3.8) is 0 Å². The minimum atomic E-state index is -0.659. The molecule has 0 fully saturated rings. The molecule has 0 saturated carbocycles. The predicted molar refractivity (Wildman–Crippen MR) is 87.3 cm³/mol. The average Bonchev–Trinajstić information content (AvgIpc) is 2.39. The van der Waals surface area contributed by atoms with E-state index in [1.165, 1.54) is 0 Å². The second kappa shape index (κ2) is 8.39. The van der Waals surface area contributed by atoms with Crippen LogP contribution in [0.1, 0.15) is 45.8 Å². The molecular weight excluding hydrogens is 334 g/mol. The fourth-order valence-electron chi connectivity index (χ4n) is 1.82. The largest absolute Gasteiger partial charge is 0.481 e. The van der Waals surface area contributed by atoms with Crippen LogP contribution < -0.4 is 10.1 Å². The van der Waals surface area contributed by atoms with E-state index in [0.29, 0.717) is 23.8 Å². The SMILES string of the molecule is CC(C)CCNC(=O)C(C)Oc1ccc(Br)cc1[C@H](C)O. The summed E-state index contributed by atoms with van der Waals surface area (Å²) in [6.07, 6.45) is -0.320. The minimum Gasteiger partial charge on any atom is -0.481 e. The van der Waals surface area contributed by atoms with Crippen LogP contribution in [0.25, 0.3) is 0 Å². The van der Waals surface area contributed by atoms with Crippen LogP contribution in [0.2, 0.25) is 0 Å². The lowest BCUT2D eigenvalue weighted by Gasteiger charge is -2.19. The van der Waals surface area contributed by atoms with Crippen molar-refractivity contribution in [2.24, 2.45) is 5.92 Å². The van der Waals surface area contributed by atoms with Crippen molar-refractivity contribution in [1.29, 1.82) is 0 Å². The van der Waals surface area contributed by atoms with Crippen molar-refractivity contribution in [1.82, 2.24) is 5.32 Å². The Kier molecular flexibility index (Phi) is 7.18. The number of ether oxygens (including phenoxy) is 1. The van der Waals surface area contributed by atoms with E-state index >= 15 is 0 Å². The summed E-state index contributed by atoms with van der Waals surface area (Å²) in [4.78, 5) is 12.0. The van der Waals surface area contributed by atoms with Crippen LogP contribution in [0.4, 0.5) is 0 Å². The van der Waals surface area contributed by atoms with E-state index in [4.69, 9.17) is 4.74 Å². The third-order valence-corrected chi connectivity index (χ3v) is 3.61. The van der Waals surface area contributed by atoms with Crippen molar-refractivity contribution in [2.45, 2.75) is 46.3 Å². The molecule has 21 heavy (non-hydrogen) atoms. The van der Waals surface area contributed by atoms with Crippen LogP contribution in [0.3, 0.4) is 0 Å². The van der Waals surface area contributed by atoms with E-state index in [0.717, 1.165) is 10.9 Å². The molecule has 0 aliphatic carbocycles. The second-order valence-electron chi connectivity index (χ2n) is 5.59. The molecule has 0 aliphatic heterocycles. The number of aliphatic hydroxyl groups is 1. The van der Waals surface area contributed by atoms with Gasteiger partial charge in [-0.3, -0.25) is 4.79 Å². The fraction of sp³-hybridized carbons (Fsp3) is 0.562. The van der Waals surface area contributed by atoms with Crippen LogP contribution in [-0.2, 0) is 4.79 Å². The molecule has 0 spiro atoms. The first-order valence-electron chi connectivity index (χ1n) is 7.23.